The van der Waals surface area contributed by atoms with Crippen LogP contribution in [0.4, 0.5) is 0 Å². The van der Waals surface area contributed by atoms with E-state index in [-0.39, 0.29) is 0 Å². The highest BCUT2D eigenvalue weighted by molar-refractivity contribution is 5.43. The van der Waals surface area contributed by atoms with E-state index < -0.39 is 0 Å². The van der Waals surface area contributed by atoms with Crippen LogP contribution in [0.2, 0.25) is 0 Å². The summed E-state index contributed by atoms with van der Waals surface area (Å²) in [6, 6.07) is 0. The van der Waals surface area contributed by atoms with Crippen LogP contribution in [0.5, 0.6) is 0 Å². The molecule has 1 aliphatic carbocycles. The van der Waals surface area contributed by atoms with Gasteiger partial charge in [-0.25, -0.2) is 0 Å². The molecule has 0 saturated heterocycles. The van der Waals surface area contributed by atoms with Crippen molar-refractivity contribution in [1.82, 2.24) is 5.32 Å². The molecule has 0 aromatic heterocycles. The summed E-state index contributed by atoms with van der Waals surface area (Å²) in [5, 5.41) is 3.26. The Bertz CT molecular complexity index is 380. The third-order valence-corrected chi connectivity index (χ3v) is 2.55. The van der Waals surface area contributed by atoms with E-state index in [4.69, 9.17) is 0 Å². The zero-order chi connectivity index (χ0) is 12.1. The van der Waals surface area contributed by atoms with Crippen LogP contribution in [0, 0.1) is 5.92 Å². The molecule has 1 atom stereocenters. The highest BCUT2D eigenvalue weighted by atomic mass is 14.9. The molecule has 0 amide bonds. The SMILES string of the molecule is C=C(C)NC1=CC(CC)C=C(C(=C)C)C=C1. The van der Waals surface area contributed by atoms with E-state index in [2.05, 4.69) is 49.7 Å². The molecule has 86 valence electrons. The van der Waals surface area contributed by atoms with Crippen molar-refractivity contribution in [2.75, 3.05) is 0 Å². The Hall–Kier alpha value is -1.50. The number of rotatable bonds is 4. The molecule has 0 saturated carbocycles. The topological polar surface area (TPSA) is 12.0 Å². The normalized spacial score (nSPS) is 19.6. The molecule has 1 heteroatoms. The first-order chi connectivity index (χ1) is 7.52. The van der Waals surface area contributed by atoms with E-state index in [1.54, 1.807) is 0 Å². The Balaban J connectivity index is 2.94. The summed E-state index contributed by atoms with van der Waals surface area (Å²) in [7, 11) is 0. The van der Waals surface area contributed by atoms with Gasteiger partial charge in [-0.15, -0.1) is 0 Å². The van der Waals surface area contributed by atoms with Crippen LogP contribution in [0.25, 0.3) is 0 Å². The average Bonchev–Trinajstić information content (AvgIpc) is 2.39. The van der Waals surface area contributed by atoms with Crippen molar-refractivity contribution in [3.63, 3.8) is 0 Å². The van der Waals surface area contributed by atoms with Gasteiger partial charge < -0.3 is 5.32 Å². The van der Waals surface area contributed by atoms with E-state index in [0.29, 0.717) is 5.92 Å². The Kier molecular flexibility index (Phi) is 4.36. The van der Waals surface area contributed by atoms with E-state index in [0.717, 1.165) is 23.4 Å². The number of nitrogens with one attached hydrogen (secondary N) is 1. The maximum absolute atomic E-state index is 3.99. The molecular weight excluding hydrogens is 194 g/mol. The molecular formula is C15H21N. The minimum atomic E-state index is 0.462. The summed E-state index contributed by atoms with van der Waals surface area (Å²) in [5.74, 6) is 0.462. The van der Waals surface area contributed by atoms with Crippen LogP contribution < -0.4 is 5.32 Å². The van der Waals surface area contributed by atoms with E-state index in [1.165, 1.54) is 5.57 Å². The van der Waals surface area contributed by atoms with Crippen LogP contribution in [-0.4, -0.2) is 0 Å². The van der Waals surface area contributed by atoms with Gasteiger partial charge in [-0.3, -0.25) is 0 Å². The van der Waals surface area contributed by atoms with Crippen molar-refractivity contribution in [3.05, 3.63) is 60.0 Å². The van der Waals surface area contributed by atoms with Gasteiger partial charge in [0, 0.05) is 11.4 Å². The second kappa shape index (κ2) is 5.55. The Morgan fingerprint density at radius 1 is 1.25 bits per heavy atom. The van der Waals surface area contributed by atoms with Gasteiger partial charge in [-0.05, 0) is 37.8 Å². The first-order valence-electron chi connectivity index (χ1n) is 5.73. The number of hydrogen-bond acceptors (Lipinski definition) is 1. The van der Waals surface area contributed by atoms with Crippen molar-refractivity contribution < 1.29 is 0 Å². The van der Waals surface area contributed by atoms with Gasteiger partial charge in [0.05, 0.1) is 0 Å². The molecule has 0 radical (unpaired) electrons. The second-order valence-electron chi connectivity index (χ2n) is 4.34. The van der Waals surface area contributed by atoms with Crippen LogP contribution in [0.3, 0.4) is 0 Å². The lowest BCUT2D eigenvalue weighted by Gasteiger charge is -2.08. The van der Waals surface area contributed by atoms with Crippen LogP contribution in [-0.2, 0) is 0 Å². The fourth-order valence-electron chi connectivity index (χ4n) is 1.65. The molecule has 0 aromatic rings. The predicted octanol–water partition coefficient (Wildman–Crippen LogP) is 4.09. The van der Waals surface area contributed by atoms with Gasteiger partial charge in [0.2, 0.25) is 0 Å². The van der Waals surface area contributed by atoms with Gasteiger partial charge in [0.25, 0.3) is 0 Å². The summed E-state index contributed by atoms with van der Waals surface area (Å²) in [6.45, 7) is 14.1. The maximum Gasteiger partial charge on any atom is 0.0347 e. The van der Waals surface area contributed by atoms with Crippen molar-refractivity contribution in [3.8, 4) is 0 Å². The second-order valence-corrected chi connectivity index (χ2v) is 4.34. The molecule has 16 heavy (non-hydrogen) atoms. The molecule has 1 nitrogen and oxygen atoms in total. The number of allylic oxidation sites excluding steroid dienone is 7. The minimum Gasteiger partial charge on any atom is -0.360 e. The van der Waals surface area contributed by atoms with Crippen molar-refractivity contribution >= 4 is 0 Å². The molecule has 1 rings (SSSR count). The fraction of sp³-hybridized carbons (Fsp3) is 0.333. The van der Waals surface area contributed by atoms with E-state index in [9.17, 15) is 0 Å². The lowest BCUT2D eigenvalue weighted by molar-refractivity contribution is 0.760. The summed E-state index contributed by atoms with van der Waals surface area (Å²) >= 11 is 0. The third kappa shape index (κ3) is 3.58. The summed E-state index contributed by atoms with van der Waals surface area (Å²) in [6.07, 6.45) is 9.80. The van der Waals surface area contributed by atoms with E-state index >= 15 is 0 Å². The molecule has 1 aliphatic rings. The maximum atomic E-state index is 3.99. The van der Waals surface area contributed by atoms with Crippen molar-refractivity contribution in [2.45, 2.75) is 27.2 Å². The lowest BCUT2D eigenvalue weighted by Crippen LogP contribution is -2.08. The van der Waals surface area contributed by atoms with Crippen LogP contribution >= 0.6 is 0 Å². The standard InChI is InChI=1S/C15H21N/c1-6-13-9-14(11(2)3)7-8-15(10-13)16-12(4)5/h7-10,13,16H,2,4,6H2,1,3,5H3. The summed E-state index contributed by atoms with van der Waals surface area (Å²) < 4.78 is 0. The van der Waals surface area contributed by atoms with Crippen LogP contribution in [0.15, 0.2) is 60.0 Å². The van der Waals surface area contributed by atoms with Crippen molar-refractivity contribution in [2.24, 2.45) is 5.92 Å². The van der Waals surface area contributed by atoms with Gasteiger partial charge in [0.1, 0.15) is 0 Å². The minimum absolute atomic E-state index is 0.462. The summed E-state index contributed by atoms with van der Waals surface area (Å²) in [5.41, 5.74) is 4.41. The highest BCUT2D eigenvalue weighted by Gasteiger charge is 2.07. The van der Waals surface area contributed by atoms with E-state index in [1.807, 2.05) is 13.8 Å². The quantitative estimate of drug-likeness (QED) is 0.744. The Labute approximate surface area is 98.9 Å². The van der Waals surface area contributed by atoms with Crippen LogP contribution in [0.1, 0.15) is 27.2 Å². The molecule has 1 N–H and O–H groups in total. The van der Waals surface area contributed by atoms with Gasteiger partial charge in [-0.2, -0.15) is 0 Å². The highest BCUT2D eigenvalue weighted by Crippen LogP contribution is 2.21. The molecule has 0 aromatic carbocycles. The van der Waals surface area contributed by atoms with Crippen molar-refractivity contribution in [1.29, 1.82) is 0 Å². The smallest absolute Gasteiger partial charge is 0.0347 e. The lowest BCUT2D eigenvalue weighted by atomic mass is 10.0. The Morgan fingerprint density at radius 2 is 1.94 bits per heavy atom. The monoisotopic (exact) mass is 215 g/mol. The average molecular weight is 215 g/mol. The Morgan fingerprint density at radius 3 is 2.44 bits per heavy atom. The third-order valence-electron chi connectivity index (χ3n) is 2.55. The predicted molar refractivity (Wildman–Crippen MR) is 71.9 cm³/mol. The van der Waals surface area contributed by atoms with Gasteiger partial charge in [-0.1, -0.05) is 43.9 Å². The first kappa shape index (κ1) is 12.6. The molecule has 0 fully saturated rings. The molecule has 0 aliphatic heterocycles. The zero-order valence-corrected chi connectivity index (χ0v) is 10.5. The molecule has 0 bridgehead atoms. The van der Waals surface area contributed by atoms with Gasteiger partial charge in [0.15, 0.2) is 0 Å². The number of hydrogen-bond donors (Lipinski definition) is 1. The largest absolute Gasteiger partial charge is 0.360 e. The first-order valence-corrected chi connectivity index (χ1v) is 5.73. The van der Waals surface area contributed by atoms with Gasteiger partial charge >= 0.3 is 0 Å². The molecule has 0 heterocycles. The molecule has 0 spiro atoms. The summed E-state index contributed by atoms with van der Waals surface area (Å²) in [4.78, 5) is 0. The fourth-order valence-corrected chi connectivity index (χ4v) is 1.65. The molecule has 1 unspecified atom stereocenters. The zero-order valence-electron chi connectivity index (χ0n) is 10.5.